The monoisotopic (exact) mass is 517 g/mol. The summed E-state index contributed by atoms with van der Waals surface area (Å²) < 4.78 is 0. The molecule has 3 aliphatic rings. The van der Waals surface area contributed by atoms with Gasteiger partial charge in [-0.2, -0.15) is 0 Å². The molecular weight excluding hydrogens is 478 g/mol. The Hall–Kier alpha value is -3.39. The third kappa shape index (κ3) is 6.18. The topological polar surface area (TPSA) is 108 Å². The van der Waals surface area contributed by atoms with Gasteiger partial charge in [0.1, 0.15) is 0 Å². The van der Waals surface area contributed by atoms with E-state index in [-0.39, 0.29) is 35.7 Å². The van der Waals surface area contributed by atoms with Gasteiger partial charge in [0.2, 0.25) is 5.91 Å². The van der Waals surface area contributed by atoms with Gasteiger partial charge >= 0.3 is 0 Å². The van der Waals surface area contributed by atoms with Gasteiger partial charge in [-0.05, 0) is 68.9 Å². The van der Waals surface area contributed by atoms with Crippen molar-refractivity contribution in [1.82, 2.24) is 10.2 Å². The zero-order valence-electron chi connectivity index (χ0n) is 22.0. The summed E-state index contributed by atoms with van der Waals surface area (Å²) in [4.78, 5) is 43.3. The number of piperazine rings is 1. The average Bonchev–Trinajstić information content (AvgIpc) is 3.50. The largest absolute Gasteiger partial charge is 0.366 e. The van der Waals surface area contributed by atoms with Gasteiger partial charge in [-0.25, -0.2) is 0 Å². The summed E-state index contributed by atoms with van der Waals surface area (Å²) in [5, 5.41) is 6.20. The second kappa shape index (κ2) is 12.0. The van der Waals surface area contributed by atoms with Crippen LogP contribution in [0.1, 0.15) is 72.1 Å². The minimum atomic E-state index is -0.222. The quantitative estimate of drug-likeness (QED) is 0.541. The fourth-order valence-corrected chi connectivity index (χ4v) is 5.97. The van der Waals surface area contributed by atoms with Gasteiger partial charge in [0, 0.05) is 55.3 Å². The van der Waals surface area contributed by atoms with Gasteiger partial charge in [-0.15, -0.1) is 0 Å². The molecule has 0 spiro atoms. The summed E-state index contributed by atoms with van der Waals surface area (Å²) in [7, 11) is 0. The minimum absolute atomic E-state index is 0.120. The molecule has 8 heteroatoms. The second-order valence-electron chi connectivity index (χ2n) is 10.9. The van der Waals surface area contributed by atoms with Crippen LogP contribution in [0.25, 0.3) is 0 Å². The zero-order valence-corrected chi connectivity index (χ0v) is 22.0. The van der Waals surface area contributed by atoms with Crippen molar-refractivity contribution in [3.63, 3.8) is 0 Å². The van der Waals surface area contributed by atoms with E-state index in [0.717, 1.165) is 57.1 Å². The molecule has 3 amide bonds. The average molecular weight is 518 g/mol. The van der Waals surface area contributed by atoms with Crippen LogP contribution in [-0.2, 0) is 4.79 Å². The van der Waals surface area contributed by atoms with Crippen LogP contribution in [0.15, 0.2) is 48.5 Å². The highest BCUT2D eigenvalue weighted by Gasteiger charge is 2.30. The smallest absolute Gasteiger partial charge is 0.255 e. The molecule has 0 atom stereocenters. The molecule has 3 fully saturated rings. The SMILES string of the molecule is NC1CCC(NC(=O)c2ccc(N3CCN(C(=O)C4CCCC4)CC3)c(NC(=O)c3ccccc3)c2)CC1. The normalized spacial score (nSPS) is 22.2. The number of carbonyl (C=O) groups is 3. The Balaban J connectivity index is 1.32. The molecule has 2 saturated carbocycles. The number of amides is 3. The molecule has 2 aromatic carbocycles. The third-order valence-electron chi connectivity index (χ3n) is 8.29. The van der Waals surface area contributed by atoms with Crippen molar-refractivity contribution in [2.45, 2.75) is 63.5 Å². The van der Waals surface area contributed by atoms with Gasteiger partial charge < -0.3 is 26.2 Å². The first kappa shape index (κ1) is 26.2. The van der Waals surface area contributed by atoms with E-state index < -0.39 is 0 Å². The van der Waals surface area contributed by atoms with E-state index in [0.29, 0.717) is 43.0 Å². The highest BCUT2D eigenvalue weighted by molar-refractivity contribution is 6.07. The van der Waals surface area contributed by atoms with Crippen molar-refractivity contribution in [3.8, 4) is 0 Å². The maximum Gasteiger partial charge on any atom is 0.255 e. The van der Waals surface area contributed by atoms with Crippen molar-refractivity contribution in [2.75, 3.05) is 36.4 Å². The van der Waals surface area contributed by atoms with E-state index in [1.54, 1.807) is 18.2 Å². The Morgan fingerprint density at radius 3 is 2.13 bits per heavy atom. The summed E-state index contributed by atoms with van der Waals surface area (Å²) in [5.41, 5.74) is 8.56. The number of hydrogen-bond donors (Lipinski definition) is 3. The molecule has 1 saturated heterocycles. The van der Waals surface area contributed by atoms with Crippen LogP contribution in [0, 0.1) is 5.92 Å². The lowest BCUT2D eigenvalue weighted by Crippen LogP contribution is -2.50. The van der Waals surface area contributed by atoms with Crippen molar-refractivity contribution < 1.29 is 14.4 Å². The first-order valence-corrected chi connectivity index (χ1v) is 14.1. The van der Waals surface area contributed by atoms with Gasteiger partial charge in [0.15, 0.2) is 0 Å². The van der Waals surface area contributed by atoms with Crippen molar-refractivity contribution in [1.29, 1.82) is 0 Å². The molecule has 2 aliphatic carbocycles. The van der Waals surface area contributed by atoms with Gasteiger partial charge in [-0.1, -0.05) is 31.0 Å². The number of anilines is 2. The van der Waals surface area contributed by atoms with Crippen LogP contribution in [0.3, 0.4) is 0 Å². The first-order valence-electron chi connectivity index (χ1n) is 14.1. The molecule has 1 heterocycles. The fourth-order valence-electron chi connectivity index (χ4n) is 5.97. The van der Waals surface area contributed by atoms with E-state index in [1.165, 1.54) is 0 Å². The van der Waals surface area contributed by atoms with E-state index >= 15 is 0 Å². The minimum Gasteiger partial charge on any atom is -0.366 e. The van der Waals surface area contributed by atoms with Crippen LogP contribution in [0.4, 0.5) is 11.4 Å². The summed E-state index contributed by atoms with van der Waals surface area (Å²) >= 11 is 0. The molecule has 0 bridgehead atoms. The van der Waals surface area contributed by atoms with Gasteiger partial charge in [0.25, 0.3) is 11.8 Å². The second-order valence-corrected chi connectivity index (χ2v) is 10.9. The molecule has 1 aliphatic heterocycles. The number of rotatable bonds is 6. The number of nitrogens with two attached hydrogens (primary N) is 1. The predicted octanol–water partition coefficient (Wildman–Crippen LogP) is 3.78. The Morgan fingerprint density at radius 2 is 1.45 bits per heavy atom. The van der Waals surface area contributed by atoms with Crippen LogP contribution >= 0.6 is 0 Å². The Bertz CT molecular complexity index is 1130. The van der Waals surface area contributed by atoms with E-state index in [2.05, 4.69) is 15.5 Å². The molecule has 2 aromatic rings. The number of nitrogens with one attached hydrogen (secondary N) is 2. The van der Waals surface area contributed by atoms with E-state index in [9.17, 15) is 14.4 Å². The number of benzene rings is 2. The predicted molar refractivity (Wildman–Crippen MR) is 149 cm³/mol. The standard InChI is InChI=1S/C30H39N5O3/c31-24-11-13-25(14-12-24)32-29(37)23-10-15-27(26(20-23)33-28(36)21-6-2-1-3-7-21)34-16-18-35(19-17-34)30(38)22-8-4-5-9-22/h1-3,6-7,10,15,20,22,24-25H,4-5,8-9,11-14,16-19,31H2,(H,32,37)(H,33,36). The summed E-state index contributed by atoms with van der Waals surface area (Å²) in [6.45, 7) is 2.68. The number of nitrogens with zero attached hydrogens (tertiary/aromatic N) is 2. The van der Waals surface area contributed by atoms with Crippen LogP contribution < -0.4 is 21.3 Å². The summed E-state index contributed by atoms with van der Waals surface area (Å²) in [5.74, 6) is 0.107. The van der Waals surface area contributed by atoms with E-state index in [1.807, 2.05) is 35.2 Å². The number of carbonyl (C=O) groups excluding carboxylic acids is 3. The lowest BCUT2D eigenvalue weighted by molar-refractivity contribution is -0.135. The third-order valence-corrected chi connectivity index (χ3v) is 8.29. The zero-order chi connectivity index (χ0) is 26.5. The molecule has 202 valence electrons. The molecule has 4 N–H and O–H groups in total. The maximum atomic E-state index is 13.1. The molecule has 38 heavy (non-hydrogen) atoms. The Morgan fingerprint density at radius 1 is 0.763 bits per heavy atom. The first-order chi connectivity index (χ1) is 18.5. The van der Waals surface area contributed by atoms with Crippen molar-refractivity contribution in [2.24, 2.45) is 11.7 Å². The molecule has 0 unspecified atom stereocenters. The molecule has 0 aromatic heterocycles. The highest BCUT2D eigenvalue weighted by atomic mass is 16.2. The van der Waals surface area contributed by atoms with Gasteiger partial charge in [-0.3, -0.25) is 14.4 Å². The fraction of sp³-hybridized carbons (Fsp3) is 0.500. The molecule has 5 rings (SSSR count). The van der Waals surface area contributed by atoms with Crippen molar-refractivity contribution >= 4 is 29.1 Å². The molecule has 0 radical (unpaired) electrons. The van der Waals surface area contributed by atoms with E-state index in [4.69, 9.17) is 5.73 Å². The van der Waals surface area contributed by atoms with Crippen LogP contribution in [0.5, 0.6) is 0 Å². The maximum absolute atomic E-state index is 13.1. The number of hydrogen-bond acceptors (Lipinski definition) is 5. The summed E-state index contributed by atoms with van der Waals surface area (Å²) in [6, 6.07) is 14.9. The lowest BCUT2D eigenvalue weighted by atomic mass is 9.91. The van der Waals surface area contributed by atoms with Crippen LogP contribution in [0.2, 0.25) is 0 Å². The molecule has 8 nitrogen and oxygen atoms in total. The Kier molecular flexibility index (Phi) is 8.27. The highest BCUT2D eigenvalue weighted by Crippen LogP contribution is 2.31. The molecular formula is C30H39N5O3. The van der Waals surface area contributed by atoms with Gasteiger partial charge in [0.05, 0.1) is 11.4 Å². The lowest BCUT2D eigenvalue weighted by Gasteiger charge is -2.38. The van der Waals surface area contributed by atoms with Crippen molar-refractivity contribution in [3.05, 3.63) is 59.7 Å². The Labute approximate surface area is 224 Å². The van der Waals surface area contributed by atoms with Crippen LogP contribution in [-0.4, -0.2) is 60.9 Å². The summed E-state index contributed by atoms with van der Waals surface area (Å²) in [6.07, 6.45) is 7.90.